The number of para-hydroxylation sites is 2. The summed E-state index contributed by atoms with van der Waals surface area (Å²) in [7, 11) is 1.76. The number of hydrogen-bond donors (Lipinski definition) is 1. The number of rotatable bonds is 3. The first-order valence-corrected chi connectivity index (χ1v) is 12.4. The highest BCUT2D eigenvalue weighted by Gasteiger charge is 2.27. The molecule has 1 aliphatic rings. The van der Waals surface area contributed by atoms with Gasteiger partial charge in [0.25, 0.3) is 0 Å². The van der Waals surface area contributed by atoms with E-state index in [-0.39, 0.29) is 5.60 Å². The monoisotopic (exact) mass is 472 g/mol. The zero-order valence-electron chi connectivity index (χ0n) is 21.0. The summed E-state index contributed by atoms with van der Waals surface area (Å²) in [4.78, 5) is 3.65. The van der Waals surface area contributed by atoms with E-state index >= 15 is 0 Å². The SMILES string of the molecule is COc1cc(C)cc2c3ccccc3n(Cc3cc4c([nH]c5ccccc54)c4c3OC(C)(C)C=C4)c12. The number of fused-ring (bicyclic) bond motifs is 8. The highest BCUT2D eigenvalue weighted by Crippen LogP contribution is 2.43. The van der Waals surface area contributed by atoms with Gasteiger partial charge in [0.05, 0.1) is 24.7 Å². The Morgan fingerprint density at radius 3 is 2.53 bits per heavy atom. The Morgan fingerprint density at radius 2 is 1.69 bits per heavy atom. The Kier molecular flexibility index (Phi) is 4.35. The van der Waals surface area contributed by atoms with Crippen LogP contribution in [0.15, 0.2) is 72.8 Å². The number of benzene rings is 4. The lowest BCUT2D eigenvalue weighted by atomic mass is 9.96. The molecule has 36 heavy (non-hydrogen) atoms. The van der Waals surface area contributed by atoms with Crippen LogP contribution in [0.2, 0.25) is 0 Å². The Balaban J connectivity index is 1.55. The van der Waals surface area contributed by atoms with Crippen LogP contribution in [0.4, 0.5) is 0 Å². The lowest BCUT2D eigenvalue weighted by Crippen LogP contribution is -2.28. The summed E-state index contributed by atoms with van der Waals surface area (Å²) >= 11 is 0. The molecule has 0 radical (unpaired) electrons. The van der Waals surface area contributed by atoms with Crippen LogP contribution in [0.25, 0.3) is 49.7 Å². The summed E-state index contributed by atoms with van der Waals surface area (Å²) in [6, 6.07) is 23.8. The average Bonchev–Trinajstić information content (AvgIpc) is 3.39. The van der Waals surface area contributed by atoms with Crippen LogP contribution in [0, 0.1) is 6.92 Å². The second kappa shape index (κ2) is 7.41. The summed E-state index contributed by atoms with van der Waals surface area (Å²) in [5.74, 6) is 1.84. The molecule has 0 spiro atoms. The number of hydrogen-bond acceptors (Lipinski definition) is 2. The third-order valence-electron chi connectivity index (χ3n) is 7.41. The molecule has 0 saturated heterocycles. The van der Waals surface area contributed by atoms with Gasteiger partial charge in [-0.2, -0.15) is 0 Å². The topological polar surface area (TPSA) is 39.2 Å². The Morgan fingerprint density at radius 1 is 0.917 bits per heavy atom. The van der Waals surface area contributed by atoms with Gasteiger partial charge in [-0.15, -0.1) is 0 Å². The van der Waals surface area contributed by atoms with Crippen LogP contribution in [0.5, 0.6) is 11.5 Å². The quantitative estimate of drug-likeness (QED) is 0.284. The van der Waals surface area contributed by atoms with Crippen molar-refractivity contribution < 1.29 is 9.47 Å². The van der Waals surface area contributed by atoms with Gasteiger partial charge in [-0.05, 0) is 68.8 Å². The summed E-state index contributed by atoms with van der Waals surface area (Å²) in [6.07, 6.45) is 4.37. The van der Waals surface area contributed by atoms with Crippen LogP contribution < -0.4 is 9.47 Å². The van der Waals surface area contributed by atoms with E-state index < -0.39 is 0 Å². The van der Waals surface area contributed by atoms with Gasteiger partial charge < -0.3 is 19.0 Å². The van der Waals surface area contributed by atoms with Crippen molar-refractivity contribution in [3.8, 4) is 11.5 Å². The minimum Gasteiger partial charge on any atom is -0.495 e. The van der Waals surface area contributed by atoms with E-state index in [1.165, 1.54) is 32.6 Å². The van der Waals surface area contributed by atoms with Gasteiger partial charge in [0.15, 0.2) is 0 Å². The van der Waals surface area contributed by atoms with E-state index in [1.807, 2.05) is 0 Å². The van der Waals surface area contributed by atoms with Crippen molar-refractivity contribution in [2.75, 3.05) is 7.11 Å². The standard InChI is InChI=1S/C32H28N2O2/c1-19-15-25-22-10-6-8-12-27(22)34(30(25)28(16-19)35-4)18-20-17-24-21-9-5-7-11-26(21)33-29(24)23-13-14-32(2,3)36-31(20)23/h5-17,33H,18H2,1-4H3. The van der Waals surface area contributed by atoms with Gasteiger partial charge in [-0.25, -0.2) is 0 Å². The molecule has 2 aromatic heterocycles. The molecule has 1 N–H and O–H groups in total. The number of aromatic nitrogens is 2. The molecular formula is C32H28N2O2. The molecule has 0 amide bonds. The van der Waals surface area contributed by atoms with Gasteiger partial charge in [-0.1, -0.05) is 36.4 Å². The molecule has 178 valence electrons. The number of aromatic amines is 1. The summed E-state index contributed by atoms with van der Waals surface area (Å²) < 4.78 is 14.9. The highest BCUT2D eigenvalue weighted by atomic mass is 16.5. The fourth-order valence-electron chi connectivity index (χ4n) is 5.81. The second-order valence-electron chi connectivity index (χ2n) is 10.4. The molecule has 6 aromatic rings. The maximum Gasteiger partial charge on any atom is 0.143 e. The molecule has 4 nitrogen and oxygen atoms in total. The van der Waals surface area contributed by atoms with Gasteiger partial charge in [0.2, 0.25) is 0 Å². The Hall–Kier alpha value is -4.18. The number of methoxy groups -OCH3 is 1. The second-order valence-corrected chi connectivity index (χ2v) is 10.4. The summed E-state index contributed by atoms with van der Waals surface area (Å²) in [6.45, 7) is 7.01. The van der Waals surface area contributed by atoms with E-state index in [0.717, 1.165) is 39.2 Å². The molecule has 7 rings (SSSR count). The van der Waals surface area contributed by atoms with Gasteiger partial charge in [0.1, 0.15) is 17.1 Å². The van der Waals surface area contributed by atoms with Crippen LogP contribution in [-0.4, -0.2) is 22.3 Å². The smallest absolute Gasteiger partial charge is 0.143 e. The van der Waals surface area contributed by atoms with Crippen LogP contribution in [0.1, 0.15) is 30.5 Å². The molecule has 3 heterocycles. The minimum absolute atomic E-state index is 0.378. The normalized spacial score (nSPS) is 14.6. The third kappa shape index (κ3) is 3.00. The van der Waals surface area contributed by atoms with E-state index in [4.69, 9.17) is 9.47 Å². The minimum atomic E-state index is -0.378. The van der Waals surface area contributed by atoms with Crippen molar-refractivity contribution in [1.82, 2.24) is 9.55 Å². The first kappa shape index (κ1) is 21.1. The van der Waals surface area contributed by atoms with Gasteiger partial charge >= 0.3 is 0 Å². The largest absolute Gasteiger partial charge is 0.495 e. The maximum atomic E-state index is 6.65. The van der Waals surface area contributed by atoms with E-state index in [9.17, 15) is 0 Å². The summed E-state index contributed by atoms with van der Waals surface area (Å²) in [5, 5.41) is 4.89. The van der Waals surface area contributed by atoms with E-state index in [2.05, 4.69) is 109 Å². The first-order valence-electron chi connectivity index (χ1n) is 12.4. The van der Waals surface area contributed by atoms with Crippen molar-refractivity contribution in [3.05, 3.63) is 89.5 Å². The lowest BCUT2D eigenvalue weighted by molar-refractivity contribution is 0.157. The predicted octanol–water partition coefficient (Wildman–Crippen LogP) is 7.98. The molecule has 0 bridgehead atoms. The Bertz CT molecular complexity index is 1870. The first-order chi connectivity index (χ1) is 17.4. The van der Waals surface area contributed by atoms with E-state index in [0.29, 0.717) is 6.54 Å². The maximum absolute atomic E-state index is 6.65. The molecule has 0 unspecified atom stereocenters. The number of H-pyrrole nitrogens is 1. The van der Waals surface area contributed by atoms with Crippen LogP contribution in [-0.2, 0) is 6.54 Å². The molecule has 4 heteroatoms. The Labute approximate surface area is 209 Å². The van der Waals surface area contributed by atoms with Crippen molar-refractivity contribution in [3.63, 3.8) is 0 Å². The van der Waals surface area contributed by atoms with E-state index in [1.54, 1.807) is 7.11 Å². The lowest BCUT2D eigenvalue weighted by Gasteiger charge is -2.30. The van der Waals surface area contributed by atoms with Crippen LogP contribution in [0.3, 0.4) is 0 Å². The fourth-order valence-corrected chi connectivity index (χ4v) is 5.81. The van der Waals surface area contributed by atoms with Crippen molar-refractivity contribution >= 4 is 49.7 Å². The van der Waals surface area contributed by atoms with Gasteiger partial charge in [0, 0.05) is 43.7 Å². The van der Waals surface area contributed by atoms with Crippen molar-refractivity contribution in [1.29, 1.82) is 0 Å². The molecule has 1 aliphatic heterocycles. The molecule has 0 aliphatic carbocycles. The fraction of sp³-hybridized carbons (Fsp3) is 0.188. The number of ether oxygens (including phenoxy) is 2. The zero-order valence-corrected chi connectivity index (χ0v) is 21.0. The number of nitrogens with zero attached hydrogens (tertiary/aromatic N) is 1. The number of nitrogens with one attached hydrogen (secondary N) is 1. The number of aryl methyl sites for hydroxylation is 1. The molecule has 4 aromatic carbocycles. The molecular weight excluding hydrogens is 444 g/mol. The van der Waals surface area contributed by atoms with Gasteiger partial charge in [-0.3, -0.25) is 0 Å². The van der Waals surface area contributed by atoms with Crippen LogP contribution >= 0.6 is 0 Å². The molecule has 0 saturated carbocycles. The summed E-state index contributed by atoms with van der Waals surface area (Å²) in [5.41, 5.74) is 7.65. The third-order valence-corrected chi connectivity index (χ3v) is 7.41. The molecule has 0 atom stereocenters. The highest BCUT2D eigenvalue weighted by molar-refractivity contribution is 6.12. The predicted molar refractivity (Wildman–Crippen MR) is 149 cm³/mol. The average molecular weight is 473 g/mol. The zero-order chi connectivity index (χ0) is 24.6. The molecule has 0 fully saturated rings. The van der Waals surface area contributed by atoms with Crippen molar-refractivity contribution in [2.24, 2.45) is 0 Å². The van der Waals surface area contributed by atoms with Crippen molar-refractivity contribution in [2.45, 2.75) is 32.9 Å².